The van der Waals surface area contributed by atoms with Crippen LogP contribution in [0.25, 0.3) is 0 Å². The van der Waals surface area contributed by atoms with Crippen LogP contribution in [-0.2, 0) is 4.79 Å². The highest BCUT2D eigenvalue weighted by molar-refractivity contribution is 5.76. The third-order valence-corrected chi connectivity index (χ3v) is 3.96. The summed E-state index contributed by atoms with van der Waals surface area (Å²) in [6.07, 6.45) is 10.3. The van der Waals surface area contributed by atoms with E-state index in [4.69, 9.17) is 5.11 Å². The molecule has 0 aliphatic heterocycles. The van der Waals surface area contributed by atoms with Crippen LogP contribution in [0.5, 0.6) is 0 Å². The standard InChI is InChI=1S/C15H29NO2/c1-15(2,11-12-17)16-14(18)10-6-9-13-7-4-3-5-8-13/h13,17H,3-12H2,1-2H3,(H,16,18). The van der Waals surface area contributed by atoms with E-state index in [1.54, 1.807) is 0 Å². The fraction of sp³-hybridized carbons (Fsp3) is 0.933. The molecule has 0 heterocycles. The second-order valence-electron chi connectivity index (χ2n) is 6.30. The van der Waals surface area contributed by atoms with Crippen LogP contribution >= 0.6 is 0 Å². The van der Waals surface area contributed by atoms with Crippen LogP contribution in [0.4, 0.5) is 0 Å². The van der Waals surface area contributed by atoms with E-state index in [9.17, 15) is 4.79 Å². The Hall–Kier alpha value is -0.570. The van der Waals surface area contributed by atoms with Gasteiger partial charge in [0.15, 0.2) is 0 Å². The summed E-state index contributed by atoms with van der Waals surface area (Å²) in [6, 6.07) is 0. The first-order chi connectivity index (χ1) is 8.53. The fourth-order valence-corrected chi connectivity index (χ4v) is 2.81. The van der Waals surface area contributed by atoms with Gasteiger partial charge >= 0.3 is 0 Å². The molecular formula is C15H29NO2. The van der Waals surface area contributed by atoms with E-state index in [1.165, 1.54) is 38.5 Å². The molecule has 0 atom stereocenters. The molecule has 1 fully saturated rings. The molecule has 1 amide bonds. The molecule has 0 aromatic rings. The summed E-state index contributed by atoms with van der Waals surface area (Å²) in [6.45, 7) is 4.04. The molecule has 1 aliphatic rings. The first kappa shape index (κ1) is 15.5. The largest absolute Gasteiger partial charge is 0.396 e. The molecule has 2 N–H and O–H groups in total. The highest BCUT2D eigenvalue weighted by Crippen LogP contribution is 2.27. The van der Waals surface area contributed by atoms with Gasteiger partial charge in [-0.15, -0.1) is 0 Å². The molecule has 0 spiro atoms. The SMILES string of the molecule is CC(C)(CCO)NC(=O)CCCC1CCCCC1. The van der Waals surface area contributed by atoms with E-state index in [2.05, 4.69) is 5.32 Å². The van der Waals surface area contributed by atoms with Gasteiger partial charge in [-0.25, -0.2) is 0 Å². The monoisotopic (exact) mass is 255 g/mol. The summed E-state index contributed by atoms with van der Waals surface area (Å²) in [5.74, 6) is 0.987. The zero-order valence-electron chi connectivity index (χ0n) is 12.0. The Labute approximate surface area is 111 Å². The van der Waals surface area contributed by atoms with Crippen molar-refractivity contribution in [1.29, 1.82) is 0 Å². The molecule has 106 valence electrons. The third-order valence-electron chi connectivity index (χ3n) is 3.96. The van der Waals surface area contributed by atoms with E-state index in [-0.39, 0.29) is 18.1 Å². The van der Waals surface area contributed by atoms with Gasteiger partial charge in [-0.05, 0) is 39.0 Å². The molecule has 1 aliphatic carbocycles. The van der Waals surface area contributed by atoms with Crippen molar-refractivity contribution in [2.75, 3.05) is 6.61 Å². The number of hydrogen-bond acceptors (Lipinski definition) is 2. The summed E-state index contributed by atoms with van der Waals surface area (Å²) < 4.78 is 0. The first-order valence-electron chi connectivity index (χ1n) is 7.45. The molecule has 3 heteroatoms. The normalized spacial score (nSPS) is 17.7. The van der Waals surface area contributed by atoms with Crippen molar-refractivity contribution in [3.05, 3.63) is 0 Å². The van der Waals surface area contributed by atoms with Crippen molar-refractivity contribution in [2.45, 2.75) is 77.2 Å². The summed E-state index contributed by atoms with van der Waals surface area (Å²) in [4.78, 5) is 11.8. The zero-order valence-corrected chi connectivity index (χ0v) is 12.0. The Morgan fingerprint density at radius 2 is 1.94 bits per heavy atom. The number of carbonyl (C=O) groups excluding carboxylic acids is 1. The van der Waals surface area contributed by atoms with Crippen LogP contribution in [0.1, 0.15) is 71.6 Å². The lowest BCUT2D eigenvalue weighted by atomic mass is 9.86. The zero-order chi connectivity index (χ0) is 13.4. The van der Waals surface area contributed by atoms with Crippen LogP contribution < -0.4 is 5.32 Å². The summed E-state index contributed by atoms with van der Waals surface area (Å²) in [5.41, 5.74) is -0.281. The lowest BCUT2D eigenvalue weighted by Crippen LogP contribution is -2.43. The molecule has 0 radical (unpaired) electrons. The molecule has 0 unspecified atom stereocenters. The van der Waals surface area contributed by atoms with E-state index in [1.807, 2.05) is 13.8 Å². The Balaban J connectivity index is 2.12. The molecule has 0 bridgehead atoms. The van der Waals surface area contributed by atoms with Gasteiger partial charge in [0, 0.05) is 18.6 Å². The Morgan fingerprint density at radius 3 is 2.56 bits per heavy atom. The van der Waals surface area contributed by atoms with E-state index >= 15 is 0 Å². The van der Waals surface area contributed by atoms with Crippen LogP contribution in [0.2, 0.25) is 0 Å². The number of carbonyl (C=O) groups is 1. The molecule has 3 nitrogen and oxygen atoms in total. The smallest absolute Gasteiger partial charge is 0.220 e. The molecular weight excluding hydrogens is 226 g/mol. The third kappa shape index (κ3) is 6.39. The minimum atomic E-state index is -0.281. The number of hydrogen-bond donors (Lipinski definition) is 2. The molecule has 0 aromatic heterocycles. The number of nitrogens with one attached hydrogen (secondary N) is 1. The maximum Gasteiger partial charge on any atom is 0.220 e. The molecule has 0 saturated heterocycles. The topological polar surface area (TPSA) is 49.3 Å². The van der Waals surface area contributed by atoms with Gasteiger partial charge in [-0.1, -0.05) is 32.1 Å². The van der Waals surface area contributed by atoms with Gasteiger partial charge in [-0.2, -0.15) is 0 Å². The highest BCUT2D eigenvalue weighted by Gasteiger charge is 2.19. The van der Waals surface area contributed by atoms with Gasteiger partial charge in [-0.3, -0.25) is 4.79 Å². The second-order valence-corrected chi connectivity index (χ2v) is 6.30. The number of aliphatic hydroxyl groups is 1. The van der Waals surface area contributed by atoms with Crippen molar-refractivity contribution in [2.24, 2.45) is 5.92 Å². The molecule has 0 aromatic carbocycles. The lowest BCUT2D eigenvalue weighted by Gasteiger charge is -2.26. The van der Waals surface area contributed by atoms with E-state index in [0.717, 1.165) is 12.3 Å². The summed E-state index contributed by atoms with van der Waals surface area (Å²) >= 11 is 0. The average Bonchev–Trinajstić information content (AvgIpc) is 2.29. The lowest BCUT2D eigenvalue weighted by molar-refractivity contribution is -0.123. The van der Waals surface area contributed by atoms with E-state index in [0.29, 0.717) is 12.8 Å². The van der Waals surface area contributed by atoms with Crippen molar-refractivity contribution >= 4 is 5.91 Å². The minimum Gasteiger partial charge on any atom is -0.396 e. The average molecular weight is 255 g/mol. The van der Waals surface area contributed by atoms with E-state index < -0.39 is 0 Å². The second kappa shape index (κ2) is 7.78. The number of rotatable bonds is 7. The van der Waals surface area contributed by atoms with Gasteiger partial charge in [0.2, 0.25) is 5.91 Å². The van der Waals surface area contributed by atoms with Crippen molar-refractivity contribution in [3.63, 3.8) is 0 Å². The number of amides is 1. The Morgan fingerprint density at radius 1 is 1.28 bits per heavy atom. The molecule has 18 heavy (non-hydrogen) atoms. The predicted octanol–water partition coefficient (Wildman–Crippen LogP) is 3.01. The highest BCUT2D eigenvalue weighted by atomic mass is 16.3. The predicted molar refractivity (Wildman–Crippen MR) is 74.4 cm³/mol. The summed E-state index contributed by atoms with van der Waals surface area (Å²) in [7, 11) is 0. The minimum absolute atomic E-state index is 0.120. The maximum atomic E-state index is 11.8. The molecule has 1 rings (SSSR count). The Kier molecular flexibility index (Phi) is 6.69. The number of aliphatic hydroxyl groups excluding tert-OH is 1. The maximum absolute atomic E-state index is 11.8. The quantitative estimate of drug-likeness (QED) is 0.734. The molecule has 1 saturated carbocycles. The van der Waals surface area contributed by atoms with Crippen molar-refractivity contribution < 1.29 is 9.90 Å². The van der Waals surface area contributed by atoms with Crippen LogP contribution in [0, 0.1) is 5.92 Å². The van der Waals surface area contributed by atoms with Crippen LogP contribution in [0.3, 0.4) is 0 Å². The first-order valence-corrected chi connectivity index (χ1v) is 7.45. The van der Waals surface area contributed by atoms with Gasteiger partial charge in [0.05, 0.1) is 0 Å². The van der Waals surface area contributed by atoms with Crippen LogP contribution in [-0.4, -0.2) is 23.2 Å². The van der Waals surface area contributed by atoms with Crippen LogP contribution in [0.15, 0.2) is 0 Å². The van der Waals surface area contributed by atoms with Crippen molar-refractivity contribution in [3.8, 4) is 0 Å². The van der Waals surface area contributed by atoms with Crippen molar-refractivity contribution in [1.82, 2.24) is 5.32 Å². The fourth-order valence-electron chi connectivity index (χ4n) is 2.81. The summed E-state index contributed by atoms with van der Waals surface area (Å²) in [5, 5.41) is 11.9. The van der Waals surface area contributed by atoms with Gasteiger partial charge in [0.1, 0.15) is 0 Å². The Bertz CT molecular complexity index is 245. The van der Waals surface area contributed by atoms with Gasteiger partial charge in [0.25, 0.3) is 0 Å². The van der Waals surface area contributed by atoms with Gasteiger partial charge < -0.3 is 10.4 Å².